The molecule has 0 aliphatic rings. The van der Waals surface area contributed by atoms with E-state index >= 15 is 0 Å². The molecule has 0 aliphatic heterocycles. The van der Waals surface area contributed by atoms with Crippen LogP contribution in [0.2, 0.25) is 0 Å². The fourth-order valence-corrected chi connectivity index (χ4v) is 0.789. The van der Waals surface area contributed by atoms with Crippen molar-refractivity contribution in [1.82, 2.24) is 10.6 Å². The number of rotatable bonds is 6. The van der Waals surface area contributed by atoms with Crippen molar-refractivity contribution in [3.05, 3.63) is 49.0 Å². The zero-order valence-corrected chi connectivity index (χ0v) is 11.1. The molecule has 0 rings (SSSR count). The van der Waals surface area contributed by atoms with Crippen LogP contribution in [-0.4, -0.2) is 7.05 Å². The third kappa shape index (κ3) is 12.6. The molecular formula is C14H26N2. The van der Waals surface area contributed by atoms with Gasteiger partial charge >= 0.3 is 0 Å². The Hall–Kier alpha value is -1.44. The molecule has 0 aromatic rings. The molecule has 16 heavy (non-hydrogen) atoms. The maximum Gasteiger partial charge on any atom is 0.0954 e. The van der Waals surface area contributed by atoms with E-state index in [-0.39, 0.29) is 0 Å². The summed E-state index contributed by atoms with van der Waals surface area (Å²) in [5.74, 6) is 0.786. The second-order valence-electron chi connectivity index (χ2n) is 3.22. The lowest BCUT2D eigenvalue weighted by Gasteiger charge is -2.08. The van der Waals surface area contributed by atoms with Crippen molar-refractivity contribution in [2.75, 3.05) is 7.05 Å². The molecule has 0 aliphatic carbocycles. The summed E-state index contributed by atoms with van der Waals surface area (Å²) in [5, 5.41) is 6.05. The van der Waals surface area contributed by atoms with Crippen LogP contribution < -0.4 is 10.6 Å². The van der Waals surface area contributed by atoms with Gasteiger partial charge in [0, 0.05) is 12.7 Å². The SMILES string of the molecule is C=C/C=C\C(=C/CC)NC(=C)NC.CCC. The van der Waals surface area contributed by atoms with Crippen LogP contribution >= 0.6 is 0 Å². The van der Waals surface area contributed by atoms with Gasteiger partial charge in [-0.2, -0.15) is 0 Å². The second-order valence-corrected chi connectivity index (χ2v) is 3.22. The van der Waals surface area contributed by atoms with Gasteiger partial charge in [-0.1, -0.05) is 58.6 Å². The van der Waals surface area contributed by atoms with Crippen molar-refractivity contribution in [1.29, 1.82) is 0 Å². The summed E-state index contributed by atoms with van der Waals surface area (Å²) in [7, 11) is 1.83. The van der Waals surface area contributed by atoms with Gasteiger partial charge in [0.1, 0.15) is 0 Å². The van der Waals surface area contributed by atoms with Crippen molar-refractivity contribution in [3.8, 4) is 0 Å². The molecule has 0 heterocycles. The summed E-state index contributed by atoms with van der Waals surface area (Å²) < 4.78 is 0. The Kier molecular flexibility index (Phi) is 14.4. The molecule has 0 saturated heterocycles. The third-order valence-electron chi connectivity index (χ3n) is 1.43. The molecule has 0 aromatic heterocycles. The predicted octanol–water partition coefficient (Wildman–Crippen LogP) is 3.72. The summed E-state index contributed by atoms with van der Waals surface area (Å²) in [4.78, 5) is 0. The van der Waals surface area contributed by atoms with Crippen LogP contribution in [0.3, 0.4) is 0 Å². The lowest BCUT2D eigenvalue weighted by atomic mass is 10.3. The van der Waals surface area contributed by atoms with Crippen molar-refractivity contribution >= 4 is 0 Å². The van der Waals surface area contributed by atoms with Gasteiger partial charge in [-0.3, -0.25) is 0 Å². The van der Waals surface area contributed by atoms with Crippen LogP contribution in [0.5, 0.6) is 0 Å². The van der Waals surface area contributed by atoms with Crippen molar-refractivity contribution in [2.45, 2.75) is 33.6 Å². The number of hydrogen-bond donors (Lipinski definition) is 2. The molecule has 0 unspecified atom stereocenters. The highest BCUT2D eigenvalue weighted by Crippen LogP contribution is 1.96. The molecular weight excluding hydrogens is 196 g/mol. The molecule has 0 aromatic carbocycles. The highest BCUT2D eigenvalue weighted by molar-refractivity contribution is 5.22. The maximum atomic E-state index is 3.78. The van der Waals surface area contributed by atoms with Crippen LogP contribution in [0.25, 0.3) is 0 Å². The molecule has 0 atom stereocenters. The molecule has 2 N–H and O–H groups in total. The summed E-state index contributed by atoms with van der Waals surface area (Å²) in [6.07, 6.45) is 9.91. The van der Waals surface area contributed by atoms with E-state index < -0.39 is 0 Å². The van der Waals surface area contributed by atoms with Crippen LogP contribution in [-0.2, 0) is 0 Å². The van der Waals surface area contributed by atoms with Gasteiger partial charge in [-0.25, -0.2) is 0 Å². The average Bonchev–Trinajstić information content (AvgIpc) is 2.27. The standard InChI is InChI=1S/C11H18N2.C3H8/c1-5-7-9-11(8-6-2)13-10(3)12-4;1-3-2/h5,7-9,12-13H,1,3,6H2,2,4H3;3H2,1-2H3/b9-7-,11-8+;. The molecule has 0 saturated carbocycles. The average molecular weight is 222 g/mol. The summed E-state index contributed by atoms with van der Waals surface area (Å²) in [6, 6.07) is 0. The van der Waals surface area contributed by atoms with E-state index in [0.717, 1.165) is 17.9 Å². The van der Waals surface area contributed by atoms with E-state index in [9.17, 15) is 0 Å². The first-order valence-corrected chi connectivity index (χ1v) is 5.79. The first kappa shape index (κ1) is 17.0. The molecule has 0 radical (unpaired) electrons. The van der Waals surface area contributed by atoms with E-state index in [1.165, 1.54) is 6.42 Å². The fourth-order valence-electron chi connectivity index (χ4n) is 0.789. The second kappa shape index (κ2) is 13.6. The zero-order chi connectivity index (χ0) is 12.8. The largest absolute Gasteiger partial charge is 0.375 e. The number of hydrogen-bond acceptors (Lipinski definition) is 2. The van der Waals surface area contributed by atoms with Gasteiger partial charge < -0.3 is 10.6 Å². The van der Waals surface area contributed by atoms with Crippen LogP contribution in [0.15, 0.2) is 49.0 Å². The number of nitrogens with one attached hydrogen (secondary N) is 2. The molecule has 0 amide bonds. The van der Waals surface area contributed by atoms with Crippen LogP contribution in [0, 0.1) is 0 Å². The Morgan fingerprint density at radius 3 is 2.19 bits per heavy atom. The van der Waals surface area contributed by atoms with E-state index in [0.29, 0.717) is 0 Å². The highest BCUT2D eigenvalue weighted by Gasteiger charge is 1.90. The van der Waals surface area contributed by atoms with Gasteiger partial charge in [-0.05, 0) is 12.5 Å². The fraction of sp³-hybridized carbons (Fsp3) is 0.429. The quantitative estimate of drug-likeness (QED) is 0.669. The normalized spacial score (nSPS) is 10.4. The topological polar surface area (TPSA) is 24.1 Å². The van der Waals surface area contributed by atoms with Gasteiger partial charge in [0.2, 0.25) is 0 Å². The Labute approximate surface area is 101 Å². The van der Waals surface area contributed by atoms with Crippen molar-refractivity contribution in [3.63, 3.8) is 0 Å². The minimum atomic E-state index is 0.786. The van der Waals surface area contributed by atoms with Gasteiger partial charge in [-0.15, -0.1) is 0 Å². The lowest BCUT2D eigenvalue weighted by molar-refractivity contribution is 0.849. The molecule has 2 heteroatoms. The van der Waals surface area contributed by atoms with E-state index in [2.05, 4.69) is 50.6 Å². The Balaban J connectivity index is 0. The van der Waals surface area contributed by atoms with Crippen molar-refractivity contribution in [2.24, 2.45) is 0 Å². The van der Waals surface area contributed by atoms with E-state index in [4.69, 9.17) is 0 Å². The third-order valence-corrected chi connectivity index (χ3v) is 1.43. The highest BCUT2D eigenvalue weighted by atomic mass is 15.1. The monoisotopic (exact) mass is 222 g/mol. The van der Waals surface area contributed by atoms with E-state index in [1.807, 2.05) is 19.2 Å². The van der Waals surface area contributed by atoms with Gasteiger partial charge in [0.15, 0.2) is 0 Å². The first-order valence-electron chi connectivity index (χ1n) is 5.79. The molecule has 0 bridgehead atoms. The first-order chi connectivity index (χ1) is 7.65. The minimum Gasteiger partial charge on any atom is -0.375 e. The van der Waals surface area contributed by atoms with Crippen LogP contribution in [0.4, 0.5) is 0 Å². The Morgan fingerprint density at radius 2 is 1.81 bits per heavy atom. The summed E-state index contributed by atoms with van der Waals surface area (Å²) in [5.41, 5.74) is 1.03. The van der Waals surface area contributed by atoms with Gasteiger partial charge in [0.25, 0.3) is 0 Å². The lowest BCUT2D eigenvalue weighted by Crippen LogP contribution is -2.20. The summed E-state index contributed by atoms with van der Waals surface area (Å²) >= 11 is 0. The molecule has 92 valence electrons. The zero-order valence-electron chi connectivity index (χ0n) is 11.1. The smallest absolute Gasteiger partial charge is 0.0954 e. The minimum absolute atomic E-state index is 0.786. The van der Waals surface area contributed by atoms with Crippen LogP contribution in [0.1, 0.15) is 33.6 Å². The summed E-state index contributed by atoms with van der Waals surface area (Å²) in [6.45, 7) is 13.7. The molecule has 0 fully saturated rings. The van der Waals surface area contributed by atoms with Crippen molar-refractivity contribution < 1.29 is 0 Å². The maximum absolute atomic E-state index is 3.78. The number of allylic oxidation sites excluding steroid dienone is 4. The Bertz CT molecular complexity index is 237. The predicted molar refractivity (Wildman–Crippen MR) is 75.0 cm³/mol. The molecule has 2 nitrogen and oxygen atoms in total. The van der Waals surface area contributed by atoms with Gasteiger partial charge in [0.05, 0.1) is 5.82 Å². The van der Waals surface area contributed by atoms with E-state index in [1.54, 1.807) is 6.08 Å². The molecule has 0 spiro atoms. The Morgan fingerprint density at radius 1 is 1.25 bits per heavy atom.